The van der Waals surface area contributed by atoms with E-state index in [0.717, 1.165) is 11.3 Å². The SMILES string of the molecule is Cc1cccc(OCC(=O)c2cc(Cl)sc2Cl)c1F. The number of ether oxygens (including phenoxy) is 1. The number of halogens is 3. The third-order valence-electron chi connectivity index (χ3n) is 2.47. The Labute approximate surface area is 123 Å². The van der Waals surface area contributed by atoms with Gasteiger partial charge in [0.2, 0.25) is 5.78 Å². The van der Waals surface area contributed by atoms with Crippen LogP contribution in [-0.2, 0) is 0 Å². The second-order valence-corrected chi connectivity index (χ2v) is 6.12. The number of carbonyl (C=O) groups excluding carboxylic acids is 1. The van der Waals surface area contributed by atoms with E-state index in [0.29, 0.717) is 19.8 Å². The van der Waals surface area contributed by atoms with Crippen molar-refractivity contribution in [2.75, 3.05) is 6.61 Å². The van der Waals surface area contributed by atoms with Gasteiger partial charge in [0.05, 0.1) is 9.90 Å². The monoisotopic (exact) mass is 318 g/mol. The van der Waals surface area contributed by atoms with Crippen LogP contribution in [0.4, 0.5) is 4.39 Å². The number of hydrogen-bond donors (Lipinski definition) is 0. The van der Waals surface area contributed by atoms with Gasteiger partial charge in [0.15, 0.2) is 18.2 Å². The summed E-state index contributed by atoms with van der Waals surface area (Å²) in [5, 5.41) is 0. The average Bonchev–Trinajstić information content (AvgIpc) is 2.70. The summed E-state index contributed by atoms with van der Waals surface area (Å²) in [4.78, 5) is 11.9. The highest BCUT2D eigenvalue weighted by Crippen LogP contribution is 2.31. The maximum absolute atomic E-state index is 13.7. The second-order valence-electron chi connectivity index (χ2n) is 3.84. The Morgan fingerprint density at radius 1 is 1.42 bits per heavy atom. The molecule has 6 heteroatoms. The fourth-order valence-corrected chi connectivity index (χ4v) is 2.98. The molecule has 100 valence electrons. The van der Waals surface area contributed by atoms with E-state index in [-0.39, 0.29) is 18.1 Å². The van der Waals surface area contributed by atoms with Crippen LogP contribution in [0, 0.1) is 12.7 Å². The number of hydrogen-bond acceptors (Lipinski definition) is 3. The zero-order valence-corrected chi connectivity index (χ0v) is 12.2. The topological polar surface area (TPSA) is 26.3 Å². The Morgan fingerprint density at radius 2 is 2.16 bits per heavy atom. The molecule has 0 unspecified atom stereocenters. The first-order chi connectivity index (χ1) is 8.99. The normalized spacial score (nSPS) is 10.5. The molecule has 2 nitrogen and oxygen atoms in total. The maximum Gasteiger partial charge on any atom is 0.202 e. The molecule has 1 aromatic heterocycles. The smallest absolute Gasteiger partial charge is 0.202 e. The van der Waals surface area contributed by atoms with Gasteiger partial charge in [-0.2, -0.15) is 0 Å². The molecule has 0 fully saturated rings. The molecular weight excluding hydrogens is 310 g/mol. The fraction of sp³-hybridized carbons (Fsp3) is 0.154. The Balaban J connectivity index is 2.09. The lowest BCUT2D eigenvalue weighted by molar-refractivity contribution is 0.0919. The molecule has 0 amide bonds. The highest BCUT2D eigenvalue weighted by atomic mass is 35.5. The standard InChI is InChI=1S/C13H9Cl2FO2S/c1-7-3-2-4-10(12(7)16)18-6-9(17)8-5-11(14)19-13(8)15/h2-5H,6H2,1H3. The molecule has 0 N–H and O–H groups in total. The quantitative estimate of drug-likeness (QED) is 0.759. The van der Waals surface area contributed by atoms with Gasteiger partial charge < -0.3 is 4.74 Å². The van der Waals surface area contributed by atoms with E-state index in [4.69, 9.17) is 27.9 Å². The number of aryl methyl sites for hydroxylation is 1. The minimum absolute atomic E-state index is 0.0470. The van der Waals surface area contributed by atoms with Gasteiger partial charge >= 0.3 is 0 Å². The second kappa shape index (κ2) is 5.90. The highest BCUT2D eigenvalue weighted by molar-refractivity contribution is 7.20. The first-order valence-corrected chi connectivity index (χ1v) is 6.92. The van der Waals surface area contributed by atoms with Crippen LogP contribution in [0.15, 0.2) is 24.3 Å². The summed E-state index contributed by atoms with van der Waals surface area (Å²) >= 11 is 12.7. The Morgan fingerprint density at radius 3 is 2.79 bits per heavy atom. The van der Waals surface area contributed by atoms with Crippen LogP contribution < -0.4 is 4.74 Å². The van der Waals surface area contributed by atoms with Crippen molar-refractivity contribution < 1.29 is 13.9 Å². The maximum atomic E-state index is 13.7. The zero-order valence-electron chi connectivity index (χ0n) is 9.88. The summed E-state index contributed by atoms with van der Waals surface area (Å²) in [5.74, 6) is -0.760. The highest BCUT2D eigenvalue weighted by Gasteiger charge is 2.16. The van der Waals surface area contributed by atoms with E-state index >= 15 is 0 Å². The van der Waals surface area contributed by atoms with Crippen molar-refractivity contribution in [2.24, 2.45) is 0 Å². The molecule has 0 aliphatic rings. The van der Waals surface area contributed by atoms with E-state index in [1.165, 1.54) is 12.1 Å². The molecule has 0 atom stereocenters. The van der Waals surface area contributed by atoms with E-state index in [1.54, 1.807) is 19.1 Å². The molecule has 0 aliphatic heterocycles. The van der Waals surface area contributed by atoms with Crippen molar-refractivity contribution in [1.29, 1.82) is 0 Å². The predicted molar refractivity (Wildman–Crippen MR) is 75.3 cm³/mol. The largest absolute Gasteiger partial charge is 0.482 e. The number of ketones is 1. The molecule has 2 rings (SSSR count). The number of carbonyl (C=O) groups is 1. The van der Waals surface area contributed by atoms with Crippen LogP contribution in [0.3, 0.4) is 0 Å². The lowest BCUT2D eigenvalue weighted by Crippen LogP contribution is -2.12. The third kappa shape index (κ3) is 3.26. The van der Waals surface area contributed by atoms with Crippen molar-refractivity contribution >= 4 is 40.3 Å². The minimum Gasteiger partial charge on any atom is -0.482 e. The average molecular weight is 319 g/mol. The molecule has 1 aromatic carbocycles. The molecule has 0 aliphatic carbocycles. The van der Waals surface area contributed by atoms with Crippen molar-refractivity contribution in [3.05, 3.63) is 49.9 Å². The lowest BCUT2D eigenvalue weighted by Gasteiger charge is -2.07. The van der Waals surface area contributed by atoms with Crippen LogP contribution in [0.25, 0.3) is 0 Å². The molecule has 0 bridgehead atoms. The van der Waals surface area contributed by atoms with Gasteiger partial charge in [-0.15, -0.1) is 11.3 Å². The van der Waals surface area contributed by atoms with Gasteiger partial charge in [-0.25, -0.2) is 4.39 Å². The summed E-state index contributed by atoms with van der Waals surface area (Å²) in [6.45, 7) is 1.34. The molecule has 1 heterocycles. The summed E-state index contributed by atoms with van der Waals surface area (Å²) < 4.78 is 19.6. The summed E-state index contributed by atoms with van der Waals surface area (Å²) in [6, 6.07) is 6.23. The number of Topliss-reactive ketones (excluding diaryl/α,β-unsaturated/α-hetero) is 1. The Hall–Kier alpha value is -1.10. The van der Waals surface area contributed by atoms with E-state index in [2.05, 4.69) is 0 Å². The van der Waals surface area contributed by atoms with Crippen LogP contribution in [-0.4, -0.2) is 12.4 Å². The van der Waals surface area contributed by atoms with Gasteiger partial charge in [-0.05, 0) is 24.6 Å². The Bertz CT molecular complexity index is 625. The third-order valence-corrected chi connectivity index (χ3v) is 3.96. The van der Waals surface area contributed by atoms with Crippen LogP contribution in [0.5, 0.6) is 5.75 Å². The molecule has 2 aromatic rings. The predicted octanol–water partition coefficient (Wildman–Crippen LogP) is 4.76. The number of benzene rings is 1. The van der Waals surface area contributed by atoms with Gasteiger partial charge in [0, 0.05) is 0 Å². The van der Waals surface area contributed by atoms with Crippen molar-refractivity contribution in [2.45, 2.75) is 6.92 Å². The molecule has 0 radical (unpaired) electrons. The fourth-order valence-electron chi connectivity index (χ4n) is 1.48. The van der Waals surface area contributed by atoms with Crippen molar-refractivity contribution in [1.82, 2.24) is 0 Å². The Kier molecular flexibility index (Phi) is 4.45. The summed E-state index contributed by atoms with van der Waals surface area (Å²) in [5.41, 5.74) is 0.756. The summed E-state index contributed by atoms with van der Waals surface area (Å²) in [6.07, 6.45) is 0. The van der Waals surface area contributed by atoms with Crippen molar-refractivity contribution in [3.63, 3.8) is 0 Å². The van der Waals surface area contributed by atoms with Gasteiger partial charge in [0.25, 0.3) is 0 Å². The van der Waals surface area contributed by atoms with Gasteiger partial charge in [0.1, 0.15) is 4.34 Å². The van der Waals surface area contributed by atoms with Crippen molar-refractivity contribution in [3.8, 4) is 5.75 Å². The molecule has 0 saturated carbocycles. The number of thiophene rings is 1. The molecule has 19 heavy (non-hydrogen) atoms. The van der Waals surface area contributed by atoms with Crippen LogP contribution in [0.2, 0.25) is 8.67 Å². The van der Waals surface area contributed by atoms with E-state index < -0.39 is 5.82 Å². The van der Waals surface area contributed by atoms with Gasteiger partial charge in [-0.1, -0.05) is 35.3 Å². The molecule has 0 spiro atoms. The van der Waals surface area contributed by atoms with E-state index in [1.807, 2.05) is 0 Å². The minimum atomic E-state index is -0.468. The molecule has 0 saturated heterocycles. The lowest BCUT2D eigenvalue weighted by atomic mass is 10.2. The first kappa shape index (κ1) is 14.3. The zero-order chi connectivity index (χ0) is 14.0. The molecular formula is C13H9Cl2FO2S. The first-order valence-electron chi connectivity index (χ1n) is 5.35. The van der Waals surface area contributed by atoms with Crippen LogP contribution in [0.1, 0.15) is 15.9 Å². The van der Waals surface area contributed by atoms with Gasteiger partial charge in [-0.3, -0.25) is 4.79 Å². The number of rotatable bonds is 4. The van der Waals surface area contributed by atoms with Crippen LogP contribution >= 0.6 is 34.5 Å². The van der Waals surface area contributed by atoms with E-state index in [9.17, 15) is 9.18 Å². The summed E-state index contributed by atoms with van der Waals surface area (Å²) in [7, 11) is 0.